The topological polar surface area (TPSA) is 73.6 Å². The van der Waals surface area contributed by atoms with E-state index in [2.05, 4.69) is 33.8 Å². The van der Waals surface area contributed by atoms with Crippen molar-refractivity contribution in [3.05, 3.63) is 30.0 Å². The molecule has 1 fully saturated rings. The molecule has 0 radical (unpaired) electrons. The summed E-state index contributed by atoms with van der Waals surface area (Å²) in [5.41, 5.74) is 2.18. The second kappa shape index (κ2) is 5.66. The summed E-state index contributed by atoms with van der Waals surface area (Å²) in [6.45, 7) is 5.19. The molecule has 1 aromatic carbocycles. The molecule has 1 aromatic heterocycles. The largest absolute Gasteiger partial charge is 0.381 e. The zero-order valence-electron chi connectivity index (χ0n) is 12.2. The Kier molecular flexibility index (Phi) is 3.72. The SMILES string of the molecule is CC1(CNc2c(C#N)nnc3ccccc23)CCCNC1. The second-order valence-corrected chi connectivity index (χ2v) is 6.00. The first kappa shape index (κ1) is 13.8. The minimum atomic E-state index is 0.204. The van der Waals surface area contributed by atoms with Crippen LogP contribution in [0.4, 0.5) is 5.69 Å². The van der Waals surface area contributed by atoms with Crippen LogP contribution in [0.15, 0.2) is 24.3 Å². The minimum Gasteiger partial charge on any atom is -0.381 e. The molecule has 2 aromatic rings. The number of piperidine rings is 1. The van der Waals surface area contributed by atoms with Crippen molar-refractivity contribution in [2.75, 3.05) is 25.0 Å². The molecule has 2 N–H and O–H groups in total. The first-order valence-corrected chi connectivity index (χ1v) is 7.32. The van der Waals surface area contributed by atoms with Crippen LogP contribution in [0.3, 0.4) is 0 Å². The van der Waals surface area contributed by atoms with Crippen LogP contribution < -0.4 is 10.6 Å². The Morgan fingerprint density at radius 3 is 3.00 bits per heavy atom. The van der Waals surface area contributed by atoms with Gasteiger partial charge in [0.2, 0.25) is 0 Å². The summed E-state index contributed by atoms with van der Waals surface area (Å²) >= 11 is 0. The number of nitriles is 1. The van der Waals surface area contributed by atoms with Gasteiger partial charge in [0.25, 0.3) is 0 Å². The number of anilines is 1. The van der Waals surface area contributed by atoms with Crippen LogP contribution in [-0.4, -0.2) is 29.8 Å². The molecule has 0 amide bonds. The average Bonchev–Trinajstić information content (AvgIpc) is 2.53. The fraction of sp³-hybridized carbons (Fsp3) is 0.438. The van der Waals surface area contributed by atoms with Crippen LogP contribution >= 0.6 is 0 Å². The molecule has 1 atom stereocenters. The molecule has 108 valence electrons. The van der Waals surface area contributed by atoms with E-state index in [0.29, 0.717) is 5.69 Å². The molecule has 1 aliphatic rings. The number of fused-ring (bicyclic) bond motifs is 1. The summed E-state index contributed by atoms with van der Waals surface area (Å²) in [6, 6.07) is 9.92. The molecule has 0 spiro atoms. The van der Waals surface area contributed by atoms with E-state index in [1.165, 1.54) is 12.8 Å². The van der Waals surface area contributed by atoms with Crippen molar-refractivity contribution in [1.82, 2.24) is 15.5 Å². The van der Waals surface area contributed by atoms with Gasteiger partial charge in [-0.3, -0.25) is 0 Å². The second-order valence-electron chi connectivity index (χ2n) is 6.00. The molecule has 1 saturated heterocycles. The van der Waals surface area contributed by atoms with E-state index in [0.717, 1.165) is 36.2 Å². The maximum atomic E-state index is 9.27. The zero-order valence-corrected chi connectivity index (χ0v) is 12.2. The van der Waals surface area contributed by atoms with Gasteiger partial charge in [-0.05, 0) is 30.9 Å². The summed E-state index contributed by atoms with van der Waals surface area (Å²) in [6.07, 6.45) is 2.38. The highest BCUT2D eigenvalue weighted by Crippen LogP contribution is 2.29. The van der Waals surface area contributed by atoms with Crippen LogP contribution in [0.1, 0.15) is 25.5 Å². The fourth-order valence-corrected chi connectivity index (χ4v) is 2.88. The van der Waals surface area contributed by atoms with Gasteiger partial charge >= 0.3 is 0 Å². The van der Waals surface area contributed by atoms with Crippen molar-refractivity contribution in [3.63, 3.8) is 0 Å². The first-order valence-electron chi connectivity index (χ1n) is 7.32. The van der Waals surface area contributed by atoms with Crippen molar-refractivity contribution in [1.29, 1.82) is 5.26 Å². The molecular weight excluding hydrogens is 262 g/mol. The predicted octanol–water partition coefficient (Wildman–Crippen LogP) is 2.30. The van der Waals surface area contributed by atoms with Crippen LogP contribution in [0, 0.1) is 16.7 Å². The summed E-state index contributed by atoms with van der Waals surface area (Å²) in [5, 5.41) is 25.2. The number of rotatable bonds is 3. The standard InChI is InChI=1S/C16H19N5/c1-16(7-4-8-18-10-16)11-19-15-12-5-2-3-6-13(12)20-21-14(15)9-17/h2-3,5-6,18H,4,7-8,10-11H2,1H3,(H,19,20). The van der Waals surface area contributed by atoms with Crippen molar-refractivity contribution in [3.8, 4) is 6.07 Å². The Labute approximate surface area is 124 Å². The Bertz CT molecular complexity index is 683. The first-order chi connectivity index (χ1) is 10.2. The van der Waals surface area contributed by atoms with Crippen LogP contribution in [0.2, 0.25) is 0 Å². The van der Waals surface area contributed by atoms with E-state index in [1.54, 1.807) is 0 Å². The molecule has 21 heavy (non-hydrogen) atoms. The molecule has 5 heteroatoms. The maximum Gasteiger partial charge on any atom is 0.186 e. The summed E-state index contributed by atoms with van der Waals surface area (Å²) in [4.78, 5) is 0. The molecular formula is C16H19N5. The van der Waals surface area contributed by atoms with Gasteiger partial charge in [-0.2, -0.15) is 5.26 Å². The summed E-state index contributed by atoms with van der Waals surface area (Å²) in [5.74, 6) is 0. The Hall–Kier alpha value is -2.19. The lowest BCUT2D eigenvalue weighted by Crippen LogP contribution is -2.42. The lowest BCUT2D eigenvalue weighted by molar-refractivity contribution is 0.253. The molecule has 1 aliphatic heterocycles. The van der Waals surface area contributed by atoms with Crippen molar-refractivity contribution < 1.29 is 0 Å². The number of hydrogen-bond acceptors (Lipinski definition) is 5. The van der Waals surface area contributed by atoms with Crippen LogP contribution in [0.5, 0.6) is 0 Å². The van der Waals surface area contributed by atoms with E-state index in [-0.39, 0.29) is 5.41 Å². The number of nitrogens with one attached hydrogen (secondary N) is 2. The van der Waals surface area contributed by atoms with Gasteiger partial charge in [0.1, 0.15) is 6.07 Å². The van der Waals surface area contributed by atoms with Crippen LogP contribution in [0.25, 0.3) is 10.9 Å². The fourth-order valence-electron chi connectivity index (χ4n) is 2.88. The van der Waals surface area contributed by atoms with Crippen molar-refractivity contribution in [2.45, 2.75) is 19.8 Å². The van der Waals surface area contributed by atoms with Gasteiger partial charge in [-0.1, -0.05) is 25.1 Å². The van der Waals surface area contributed by atoms with E-state index >= 15 is 0 Å². The average molecular weight is 281 g/mol. The maximum absolute atomic E-state index is 9.27. The highest BCUT2D eigenvalue weighted by Gasteiger charge is 2.27. The van der Waals surface area contributed by atoms with Gasteiger partial charge in [0, 0.05) is 18.5 Å². The quantitative estimate of drug-likeness (QED) is 0.903. The third-order valence-electron chi connectivity index (χ3n) is 4.15. The molecule has 3 rings (SSSR count). The monoisotopic (exact) mass is 281 g/mol. The number of aromatic nitrogens is 2. The smallest absolute Gasteiger partial charge is 0.186 e. The Morgan fingerprint density at radius 2 is 2.24 bits per heavy atom. The predicted molar refractivity (Wildman–Crippen MR) is 83.0 cm³/mol. The van der Waals surface area contributed by atoms with Crippen LogP contribution in [-0.2, 0) is 0 Å². The summed E-state index contributed by atoms with van der Waals surface area (Å²) in [7, 11) is 0. The third kappa shape index (κ3) is 2.81. The summed E-state index contributed by atoms with van der Waals surface area (Å²) < 4.78 is 0. The minimum absolute atomic E-state index is 0.204. The van der Waals surface area contributed by atoms with Crippen molar-refractivity contribution in [2.24, 2.45) is 5.41 Å². The highest BCUT2D eigenvalue weighted by atomic mass is 15.1. The van der Waals surface area contributed by atoms with E-state index < -0.39 is 0 Å². The normalized spacial score (nSPS) is 21.9. The van der Waals surface area contributed by atoms with Crippen molar-refractivity contribution >= 4 is 16.6 Å². The third-order valence-corrected chi connectivity index (χ3v) is 4.15. The van der Waals surface area contributed by atoms with Gasteiger partial charge in [0.05, 0.1) is 11.2 Å². The van der Waals surface area contributed by atoms with Gasteiger partial charge in [-0.15, -0.1) is 10.2 Å². The van der Waals surface area contributed by atoms with Gasteiger partial charge in [-0.25, -0.2) is 0 Å². The zero-order chi connectivity index (χ0) is 14.7. The van der Waals surface area contributed by atoms with E-state index in [4.69, 9.17) is 0 Å². The molecule has 0 bridgehead atoms. The lowest BCUT2D eigenvalue weighted by Gasteiger charge is -2.34. The molecule has 5 nitrogen and oxygen atoms in total. The van der Waals surface area contributed by atoms with E-state index in [9.17, 15) is 5.26 Å². The molecule has 0 aliphatic carbocycles. The Morgan fingerprint density at radius 1 is 1.38 bits per heavy atom. The lowest BCUT2D eigenvalue weighted by atomic mass is 9.82. The van der Waals surface area contributed by atoms with E-state index in [1.807, 2.05) is 24.3 Å². The molecule has 2 heterocycles. The molecule has 0 saturated carbocycles. The van der Waals surface area contributed by atoms with Gasteiger partial charge in [0.15, 0.2) is 5.69 Å². The van der Waals surface area contributed by atoms with Gasteiger partial charge < -0.3 is 10.6 Å². The number of benzene rings is 1. The highest BCUT2D eigenvalue weighted by molar-refractivity contribution is 5.92. The Balaban J connectivity index is 1.90. The number of nitrogens with zero attached hydrogens (tertiary/aromatic N) is 3. The number of hydrogen-bond donors (Lipinski definition) is 2. The molecule has 1 unspecified atom stereocenters.